The molecule has 0 bridgehead atoms. The van der Waals surface area contributed by atoms with Gasteiger partial charge in [-0.3, -0.25) is 0 Å². The van der Waals surface area contributed by atoms with E-state index in [1.807, 2.05) is 12.1 Å². The van der Waals surface area contributed by atoms with Gasteiger partial charge >= 0.3 is 0 Å². The van der Waals surface area contributed by atoms with E-state index in [0.29, 0.717) is 0 Å². The molecule has 2 rings (SSSR count). The van der Waals surface area contributed by atoms with Crippen molar-refractivity contribution in [3.05, 3.63) is 58.6 Å². The second-order valence-electron chi connectivity index (χ2n) is 4.71. The Kier molecular flexibility index (Phi) is 5.93. The number of unbranched alkanes of at least 4 members (excludes halogenated alkanes) is 1. The first-order valence-corrected chi connectivity index (χ1v) is 7.70. The average Bonchev–Trinajstić information content (AvgIpc) is 2.48. The van der Waals surface area contributed by atoms with E-state index in [1.165, 1.54) is 12.0 Å². The number of anilines is 1. The number of hydrogen-bond acceptors (Lipinski definition) is 2. The van der Waals surface area contributed by atoms with Crippen molar-refractivity contribution in [2.24, 2.45) is 0 Å². The standard InChI is InChI=1S/C17H20BrNO/c1-20-17-11-10-15(18)13-16(17)19-12-6-5-9-14-7-3-2-4-8-14/h2-4,7-8,10-11,13,19H,5-6,9,12H2,1H3. The van der Waals surface area contributed by atoms with Crippen LogP contribution in [0.15, 0.2) is 53.0 Å². The molecule has 0 amide bonds. The molecule has 3 heteroatoms. The van der Waals surface area contributed by atoms with E-state index >= 15 is 0 Å². The van der Waals surface area contributed by atoms with Crippen molar-refractivity contribution in [3.8, 4) is 5.75 Å². The Morgan fingerprint density at radius 1 is 1.05 bits per heavy atom. The summed E-state index contributed by atoms with van der Waals surface area (Å²) in [6, 6.07) is 16.6. The molecule has 0 saturated heterocycles. The second-order valence-corrected chi connectivity index (χ2v) is 5.63. The molecule has 0 unspecified atom stereocenters. The van der Waals surface area contributed by atoms with Crippen LogP contribution < -0.4 is 10.1 Å². The molecule has 20 heavy (non-hydrogen) atoms. The summed E-state index contributed by atoms with van der Waals surface area (Å²) in [6.45, 7) is 0.958. The number of hydrogen-bond donors (Lipinski definition) is 1. The lowest BCUT2D eigenvalue weighted by Gasteiger charge is -2.11. The Labute approximate surface area is 129 Å². The first-order chi connectivity index (χ1) is 9.79. The summed E-state index contributed by atoms with van der Waals surface area (Å²) >= 11 is 3.48. The van der Waals surface area contributed by atoms with Gasteiger partial charge in [0.05, 0.1) is 12.8 Å². The molecule has 0 aliphatic rings. The molecule has 0 atom stereocenters. The van der Waals surface area contributed by atoms with Crippen LogP contribution in [-0.4, -0.2) is 13.7 Å². The van der Waals surface area contributed by atoms with Gasteiger partial charge in [0, 0.05) is 11.0 Å². The molecule has 2 nitrogen and oxygen atoms in total. The molecule has 0 aliphatic heterocycles. The second kappa shape index (κ2) is 7.95. The summed E-state index contributed by atoms with van der Waals surface area (Å²) in [7, 11) is 1.70. The third-order valence-electron chi connectivity index (χ3n) is 3.21. The number of benzene rings is 2. The zero-order chi connectivity index (χ0) is 14.2. The van der Waals surface area contributed by atoms with E-state index in [1.54, 1.807) is 7.11 Å². The van der Waals surface area contributed by atoms with Gasteiger partial charge in [-0.1, -0.05) is 46.3 Å². The smallest absolute Gasteiger partial charge is 0.142 e. The number of rotatable bonds is 7. The fourth-order valence-electron chi connectivity index (χ4n) is 2.14. The van der Waals surface area contributed by atoms with E-state index in [0.717, 1.165) is 35.3 Å². The zero-order valence-electron chi connectivity index (χ0n) is 11.7. The van der Waals surface area contributed by atoms with Gasteiger partial charge in [-0.2, -0.15) is 0 Å². The molecule has 106 valence electrons. The molecule has 2 aromatic rings. The maximum absolute atomic E-state index is 5.34. The summed E-state index contributed by atoms with van der Waals surface area (Å²) in [5.74, 6) is 0.885. The van der Waals surface area contributed by atoms with Crippen molar-refractivity contribution in [2.75, 3.05) is 19.0 Å². The predicted octanol–water partition coefficient (Wildman–Crippen LogP) is 4.89. The summed E-state index contributed by atoms with van der Waals surface area (Å²) in [5, 5.41) is 3.44. The minimum Gasteiger partial charge on any atom is -0.495 e. The average molecular weight is 334 g/mol. The van der Waals surface area contributed by atoms with Gasteiger partial charge in [-0.15, -0.1) is 0 Å². The van der Waals surface area contributed by atoms with Crippen molar-refractivity contribution >= 4 is 21.6 Å². The number of ether oxygens (including phenoxy) is 1. The first kappa shape index (κ1) is 14.9. The van der Waals surface area contributed by atoms with E-state index in [2.05, 4.69) is 57.6 Å². The van der Waals surface area contributed by atoms with Crippen molar-refractivity contribution in [1.29, 1.82) is 0 Å². The van der Waals surface area contributed by atoms with Crippen LogP contribution >= 0.6 is 15.9 Å². The van der Waals surface area contributed by atoms with Crippen LogP contribution in [0.4, 0.5) is 5.69 Å². The maximum atomic E-state index is 5.34. The van der Waals surface area contributed by atoms with E-state index in [-0.39, 0.29) is 0 Å². The van der Waals surface area contributed by atoms with Crippen molar-refractivity contribution in [1.82, 2.24) is 0 Å². The van der Waals surface area contributed by atoms with Crippen LogP contribution in [0.3, 0.4) is 0 Å². The van der Waals surface area contributed by atoms with Crippen LogP contribution in [0.25, 0.3) is 0 Å². The highest BCUT2D eigenvalue weighted by Crippen LogP contribution is 2.27. The highest BCUT2D eigenvalue weighted by atomic mass is 79.9. The summed E-state index contributed by atoms with van der Waals surface area (Å²) in [6.07, 6.45) is 3.47. The molecule has 0 heterocycles. The van der Waals surface area contributed by atoms with Crippen LogP contribution in [0, 0.1) is 0 Å². The third-order valence-corrected chi connectivity index (χ3v) is 3.71. The normalized spacial score (nSPS) is 10.3. The molecule has 0 fully saturated rings. The van der Waals surface area contributed by atoms with E-state index in [9.17, 15) is 0 Å². The molecule has 0 aromatic heterocycles. The lowest BCUT2D eigenvalue weighted by molar-refractivity contribution is 0.416. The summed E-state index contributed by atoms with van der Waals surface area (Å²) < 4.78 is 6.40. The topological polar surface area (TPSA) is 21.3 Å². The van der Waals surface area contributed by atoms with Gasteiger partial charge in [0.2, 0.25) is 0 Å². The third kappa shape index (κ3) is 4.57. The minimum absolute atomic E-state index is 0.885. The van der Waals surface area contributed by atoms with Crippen LogP contribution in [0.2, 0.25) is 0 Å². The lowest BCUT2D eigenvalue weighted by Crippen LogP contribution is -2.03. The highest BCUT2D eigenvalue weighted by molar-refractivity contribution is 9.10. The number of methoxy groups -OCH3 is 1. The molecule has 0 spiro atoms. The van der Waals surface area contributed by atoms with Gasteiger partial charge in [-0.05, 0) is 43.0 Å². The van der Waals surface area contributed by atoms with Crippen LogP contribution in [0.5, 0.6) is 5.75 Å². The van der Waals surface area contributed by atoms with Gasteiger partial charge in [0.1, 0.15) is 5.75 Å². The van der Waals surface area contributed by atoms with Crippen LogP contribution in [0.1, 0.15) is 18.4 Å². The largest absolute Gasteiger partial charge is 0.495 e. The van der Waals surface area contributed by atoms with E-state index < -0.39 is 0 Å². The SMILES string of the molecule is COc1ccc(Br)cc1NCCCCc1ccccc1. The maximum Gasteiger partial charge on any atom is 0.142 e. The van der Waals surface area contributed by atoms with Gasteiger partial charge in [0.15, 0.2) is 0 Å². The Hall–Kier alpha value is -1.48. The Bertz CT molecular complexity index is 528. The molecule has 0 radical (unpaired) electrons. The molecular formula is C17H20BrNO. The van der Waals surface area contributed by atoms with Crippen molar-refractivity contribution in [2.45, 2.75) is 19.3 Å². The van der Waals surface area contributed by atoms with Gasteiger partial charge in [0.25, 0.3) is 0 Å². The van der Waals surface area contributed by atoms with Crippen molar-refractivity contribution < 1.29 is 4.74 Å². The van der Waals surface area contributed by atoms with Gasteiger partial charge < -0.3 is 10.1 Å². The fourth-order valence-corrected chi connectivity index (χ4v) is 2.50. The Balaban J connectivity index is 1.75. The molecular weight excluding hydrogens is 314 g/mol. The zero-order valence-corrected chi connectivity index (χ0v) is 13.3. The fraction of sp³-hybridized carbons (Fsp3) is 0.294. The predicted molar refractivity (Wildman–Crippen MR) is 88.6 cm³/mol. The molecule has 2 aromatic carbocycles. The Morgan fingerprint density at radius 3 is 2.60 bits per heavy atom. The number of halogens is 1. The minimum atomic E-state index is 0.885. The first-order valence-electron chi connectivity index (χ1n) is 6.91. The monoisotopic (exact) mass is 333 g/mol. The van der Waals surface area contributed by atoms with Gasteiger partial charge in [-0.25, -0.2) is 0 Å². The lowest BCUT2D eigenvalue weighted by atomic mass is 10.1. The summed E-state index contributed by atoms with van der Waals surface area (Å²) in [5.41, 5.74) is 2.45. The molecule has 0 aliphatic carbocycles. The van der Waals surface area contributed by atoms with E-state index in [4.69, 9.17) is 4.74 Å². The van der Waals surface area contributed by atoms with Crippen molar-refractivity contribution in [3.63, 3.8) is 0 Å². The quantitative estimate of drug-likeness (QED) is 0.728. The number of nitrogens with one attached hydrogen (secondary N) is 1. The number of aryl methyl sites for hydroxylation is 1. The summed E-state index contributed by atoms with van der Waals surface area (Å²) in [4.78, 5) is 0. The molecule has 0 saturated carbocycles. The Morgan fingerprint density at radius 2 is 1.85 bits per heavy atom. The molecule has 1 N–H and O–H groups in total. The highest BCUT2D eigenvalue weighted by Gasteiger charge is 2.02. The van der Waals surface area contributed by atoms with Crippen LogP contribution in [-0.2, 0) is 6.42 Å².